The Morgan fingerprint density at radius 1 is 1.39 bits per heavy atom. The fourth-order valence-electron chi connectivity index (χ4n) is 3.55. The average molecular weight is 318 g/mol. The summed E-state index contributed by atoms with van der Waals surface area (Å²) in [5.74, 6) is 0.171. The van der Waals surface area contributed by atoms with Gasteiger partial charge in [0.15, 0.2) is 5.79 Å². The number of amides is 2. The van der Waals surface area contributed by atoms with Crippen molar-refractivity contribution in [1.82, 2.24) is 5.32 Å². The van der Waals surface area contributed by atoms with Crippen LogP contribution in [0, 0.1) is 5.92 Å². The van der Waals surface area contributed by atoms with Crippen LogP contribution in [0.5, 0.6) is 0 Å². The van der Waals surface area contributed by atoms with Crippen LogP contribution in [-0.4, -0.2) is 38.1 Å². The molecule has 2 aliphatic rings. The van der Waals surface area contributed by atoms with Crippen LogP contribution in [0.1, 0.15) is 38.7 Å². The van der Waals surface area contributed by atoms with Gasteiger partial charge < -0.3 is 14.8 Å². The average Bonchev–Trinajstić information content (AvgIpc) is 3.10. The maximum Gasteiger partial charge on any atom is 0.321 e. The molecule has 0 spiro atoms. The van der Waals surface area contributed by atoms with Crippen molar-refractivity contribution >= 4 is 11.7 Å². The van der Waals surface area contributed by atoms with Crippen LogP contribution in [0.25, 0.3) is 0 Å². The minimum Gasteiger partial charge on any atom is -0.348 e. The van der Waals surface area contributed by atoms with E-state index in [1.54, 1.807) is 0 Å². The quantitative estimate of drug-likeness (QED) is 0.928. The van der Waals surface area contributed by atoms with Gasteiger partial charge in [-0.25, -0.2) is 4.79 Å². The van der Waals surface area contributed by atoms with Crippen molar-refractivity contribution in [2.75, 3.05) is 31.2 Å². The van der Waals surface area contributed by atoms with E-state index in [4.69, 9.17) is 9.47 Å². The minimum absolute atomic E-state index is 0.0212. The highest BCUT2D eigenvalue weighted by atomic mass is 16.7. The summed E-state index contributed by atoms with van der Waals surface area (Å²) < 4.78 is 11.3. The van der Waals surface area contributed by atoms with Crippen molar-refractivity contribution in [3.8, 4) is 0 Å². The summed E-state index contributed by atoms with van der Waals surface area (Å²) in [6.07, 6.45) is 0.778. The largest absolute Gasteiger partial charge is 0.348 e. The molecule has 23 heavy (non-hydrogen) atoms. The molecule has 2 atom stereocenters. The number of anilines is 1. The van der Waals surface area contributed by atoms with E-state index in [9.17, 15) is 4.79 Å². The molecule has 126 valence electrons. The predicted molar refractivity (Wildman–Crippen MR) is 89.7 cm³/mol. The number of carbonyl (C=O) groups excluding carboxylic acids is 1. The number of para-hydroxylation sites is 1. The van der Waals surface area contributed by atoms with Crippen LogP contribution in [-0.2, 0) is 9.47 Å². The lowest BCUT2D eigenvalue weighted by atomic mass is 10.0. The third-order valence-electron chi connectivity index (χ3n) is 4.68. The fraction of sp³-hybridized carbons (Fsp3) is 0.611. The molecule has 1 aromatic rings. The number of nitrogens with one attached hydrogen (secondary N) is 1. The maximum absolute atomic E-state index is 12.5. The molecule has 0 radical (unpaired) electrons. The summed E-state index contributed by atoms with van der Waals surface area (Å²) in [5, 5.41) is 3.05. The number of carbonyl (C=O) groups is 1. The van der Waals surface area contributed by atoms with Crippen molar-refractivity contribution in [2.24, 2.45) is 5.92 Å². The molecule has 1 aromatic carbocycles. The third-order valence-corrected chi connectivity index (χ3v) is 4.68. The van der Waals surface area contributed by atoms with Gasteiger partial charge in [0.2, 0.25) is 0 Å². The second-order valence-corrected chi connectivity index (χ2v) is 6.90. The molecule has 2 heterocycles. The van der Waals surface area contributed by atoms with E-state index in [0.717, 1.165) is 18.7 Å². The monoisotopic (exact) mass is 318 g/mol. The number of urea groups is 1. The molecule has 0 saturated carbocycles. The fourth-order valence-corrected chi connectivity index (χ4v) is 3.55. The lowest BCUT2D eigenvalue weighted by molar-refractivity contribution is -0.153. The van der Waals surface area contributed by atoms with Crippen molar-refractivity contribution < 1.29 is 14.3 Å². The van der Waals surface area contributed by atoms with Crippen LogP contribution in [0.15, 0.2) is 24.3 Å². The summed E-state index contributed by atoms with van der Waals surface area (Å²) in [7, 11) is 0. The Balaban J connectivity index is 1.54. The Labute approximate surface area is 137 Å². The molecule has 5 heteroatoms. The molecule has 0 unspecified atom stereocenters. The van der Waals surface area contributed by atoms with Gasteiger partial charge in [0.25, 0.3) is 0 Å². The SMILES string of the molecule is C[C@H](CNC(=O)N1C[C@H](C)c2ccccc21)CC1(C)OCCO1. The van der Waals surface area contributed by atoms with Crippen molar-refractivity contribution in [2.45, 2.75) is 38.9 Å². The second-order valence-electron chi connectivity index (χ2n) is 6.90. The summed E-state index contributed by atoms with van der Waals surface area (Å²) in [4.78, 5) is 14.4. The number of hydrogen-bond acceptors (Lipinski definition) is 3. The number of hydrogen-bond donors (Lipinski definition) is 1. The Bertz CT molecular complexity index is 569. The van der Waals surface area contributed by atoms with Crippen molar-refractivity contribution in [3.05, 3.63) is 29.8 Å². The van der Waals surface area contributed by atoms with Crippen molar-refractivity contribution in [3.63, 3.8) is 0 Å². The van der Waals surface area contributed by atoms with Gasteiger partial charge in [-0.15, -0.1) is 0 Å². The zero-order chi connectivity index (χ0) is 16.4. The number of ether oxygens (including phenoxy) is 2. The predicted octanol–water partition coefficient (Wildman–Crippen LogP) is 3.11. The summed E-state index contributed by atoms with van der Waals surface area (Å²) >= 11 is 0. The van der Waals surface area contributed by atoms with Crippen LogP contribution < -0.4 is 10.2 Å². The molecular formula is C18H26N2O3. The Kier molecular flexibility index (Phi) is 4.60. The van der Waals surface area contributed by atoms with E-state index in [0.29, 0.717) is 25.7 Å². The number of nitrogens with zero attached hydrogens (tertiary/aromatic N) is 1. The van der Waals surface area contributed by atoms with Gasteiger partial charge in [-0.3, -0.25) is 4.90 Å². The topological polar surface area (TPSA) is 50.8 Å². The normalized spacial score (nSPS) is 23.6. The van der Waals surface area contributed by atoms with Gasteiger partial charge in [-0.1, -0.05) is 32.0 Å². The van der Waals surface area contributed by atoms with E-state index < -0.39 is 5.79 Å². The first-order valence-corrected chi connectivity index (χ1v) is 8.41. The number of benzene rings is 1. The molecule has 3 rings (SSSR count). The van der Waals surface area contributed by atoms with Gasteiger partial charge in [0, 0.05) is 31.1 Å². The second kappa shape index (κ2) is 6.49. The maximum atomic E-state index is 12.5. The minimum atomic E-state index is -0.501. The molecular weight excluding hydrogens is 292 g/mol. The first-order chi connectivity index (χ1) is 11.0. The zero-order valence-corrected chi connectivity index (χ0v) is 14.2. The molecule has 0 aliphatic carbocycles. The van der Waals surface area contributed by atoms with Crippen LogP contribution in [0.4, 0.5) is 10.5 Å². The smallest absolute Gasteiger partial charge is 0.321 e. The van der Waals surface area contributed by atoms with Crippen LogP contribution in [0.2, 0.25) is 0 Å². The van der Waals surface area contributed by atoms with E-state index >= 15 is 0 Å². The summed E-state index contributed by atoms with van der Waals surface area (Å²) in [6.45, 7) is 8.89. The third kappa shape index (κ3) is 3.51. The highest BCUT2D eigenvalue weighted by Crippen LogP contribution is 2.35. The Morgan fingerprint density at radius 2 is 2.09 bits per heavy atom. The van der Waals surface area contributed by atoms with E-state index in [1.165, 1.54) is 5.56 Å². The Hall–Kier alpha value is -1.59. The molecule has 0 aromatic heterocycles. The summed E-state index contributed by atoms with van der Waals surface area (Å²) in [5.41, 5.74) is 2.27. The summed E-state index contributed by atoms with van der Waals surface area (Å²) in [6, 6.07) is 8.11. The molecule has 1 N–H and O–H groups in total. The zero-order valence-electron chi connectivity index (χ0n) is 14.2. The van der Waals surface area contributed by atoms with Gasteiger partial charge in [-0.05, 0) is 24.5 Å². The molecule has 0 bridgehead atoms. The standard InChI is InChI=1S/C18H26N2O3/c1-13(10-18(3)22-8-9-23-18)11-19-17(21)20-12-14(2)15-6-4-5-7-16(15)20/h4-7,13-14H,8-12H2,1-3H3,(H,19,21)/t13-,14-/m0/s1. The highest BCUT2D eigenvalue weighted by Gasteiger charge is 2.33. The van der Waals surface area contributed by atoms with E-state index in [2.05, 4.69) is 25.2 Å². The van der Waals surface area contributed by atoms with Gasteiger partial charge >= 0.3 is 6.03 Å². The highest BCUT2D eigenvalue weighted by molar-refractivity contribution is 5.94. The van der Waals surface area contributed by atoms with Crippen LogP contribution >= 0.6 is 0 Å². The number of rotatable bonds is 4. The molecule has 2 amide bonds. The van der Waals surface area contributed by atoms with E-state index in [-0.39, 0.29) is 11.9 Å². The van der Waals surface area contributed by atoms with E-state index in [1.807, 2.05) is 30.0 Å². The van der Waals surface area contributed by atoms with Gasteiger partial charge in [0.05, 0.1) is 13.2 Å². The number of fused-ring (bicyclic) bond motifs is 1. The molecule has 2 aliphatic heterocycles. The van der Waals surface area contributed by atoms with Crippen LogP contribution in [0.3, 0.4) is 0 Å². The lowest BCUT2D eigenvalue weighted by Crippen LogP contribution is -2.42. The lowest BCUT2D eigenvalue weighted by Gasteiger charge is -2.26. The first kappa shape index (κ1) is 16.3. The van der Waals surface area contributed by atoms with Crippen molar-refractivity contribution in [1.29, 1.82) is 0 Å². The molecule has 5 nitrogen and oxygen atoms in total. The molecule has 1 saturated heterocycles. The molecule has 1 fully saturated rings. The van der Waals surface area contributed by atoms with Gasteiger partial charge in [0.1, 0.15) is 0 Å². The van der Waals surface area contributed by atoms with Gasteiger partial charge in [-0.2, -0.15) is 0 Å². The Morgan fingerprint density at radius 3 is 2.83 bits per heavy atom. The first-order valence-electron chi connectivity index (χ1n) is 8.41.